The Balaban J connectivity index is 1.70. The van der Waals surface area contributed by atoms with E-state index in [9.17, 15) is 4.79 Å². The number of aryl methyl sites for hydroxylation is 2. The number of carbonyl (C=O) groups excluding carboxylic acids is 1. The van der Waals surface area contributed by atoms with Gasteiger partial charge in [-0.2, -0.15) is 0 Å². The van der Waals surface area contributed by atoms with Gasteiger partial charge in [0.15, 0.2) is 5.76 Å². The number of benzene rings is 2. The van der Waals surface area contributed by atoms with Crippen LogP contribution in [0, 0.1) is 13.8 Å². The van der Waals surface area contributed by atoms with Gasteiger partial charge in [0.2, 0.25) is 0 Å². The van der Waals surface area contributed by atoms with E-state index in [-0.39, 0.29) is 11.7 Å². The Morgan fingerprint density at radius 1 is 1.04 bits per heavy atom. The Morgan fingerprint density at radius 2 is 1.83 bits per heavy atom. The molecule has 0 bridgehead atoms. The van der Waals surface area contributed by atoms with Gasteiger partial charge in [-0.1, -0.05) is 12.1 Å². The first-order valence-electron chi connectivity index (χ1n) is 7.32. The molecule has 0 aliphatic carbocycles. The van der Waals surface area contributed by atoms with Gasteiger partial charge in [0.25, 0.3) is 5.91 Å². The molecule has 1 aromatic heterocycles. The second-order valence-electron chi connectivity index (χ2n) is 5.33. The number of furan rings is 1. The maximum Gasteiger partial charge on any atom is 0.291 e. The minimum atomic E-state index is -0.279. The van der Waals surface area contributed by atoms with Crippen LogP contribution < -0.4 is 10.1 Å². The van der Waals surface area contributed by atoms with Crippen molar-refractivity contribution in [2.75, 3.05) is 5.32 Å². The van der Waals surface area contributed by atoms with Crippen molar-refractivity contribution in [2.45, 2.75) is 13.8 Å². The maximum absolute atomic E-state index is 11.9. The number of anilines is 1. The van der Waals surface area contributed by atoms with Gasteiger partial charge >= 0.3 is 0 Å². The quantitative estimate of drug-likeness (QED) is 0.742. The van der Waals surface area contributed by atoms with Gasteiger partial charge in [0.05, 0.1) is 6.26 Å². The summed E-state index contributed by atoms with van der Waals surface area (Å²) in [6, 6.07) is 16.6. The number of carbonyl (C=O) groups is 1. The summed E-state index contributed by atoms with van der Waals surface area (Å²) in [5.74, 6) is 1.55. The molecule has 23 heavy (non-hydrogen) atoms. The molecule has 0 saturated heterocycles. The summed E-state index contributed by atoms with van der Waals surface area (Å²) in [5.41, 5.74) is 2.90. The van der Waals surface area contributed by atoms with Crippen molar-refractivity contribution >= 4 is 11.6 Å². The zero-order chi connectivity index (χ0) is 16.2. The lowest BCUT2D eigenvalue weighted by Crippen LogP contribution is -2.10. The SMILES string of the molecule is Cc1ccc(C)c(Oc2ccc(NC(=O)c3ccco3)cc2)c1. The molecule has 3 rings (SSSR count). The smallest absolute Gasteiger partial charge is 0.291 e. The fourth-order valence-corrected chi connectivity index (χ4v) is 2.15. The molecular formula is C19H17NO3. The number of amides is 1. The molecule has 2 aromatic carbocycles. The topological polar surface area (TPSA) is 51.5 Å². The van der Waals surface area contributed by atoms with Crippen LogP contribution in [0.15, 0.2) is 65.3 Å². The second-order valence-corrected chi connectivity index (χ2v) is 5.33. The predicted molar refractivity (Wildman–Crippen MR) is 89.1 cm³/mol. The minimum absolute atomic E-state index is 0.278. The molecule has 0 unspecified atom stereocenters. The standard InChI is InChI=1S/C19H17NO3/c1-13-5-6-14(2)18(12-13)23-16-9-7-15(8-10-16)20-19(21)17-4-3-11-22-17/h3-12H,1-2H3,(H,20,21). The van der Waals surface area contributed by atoms with E-state index >= 15 is 0 Å². The molecule has 0 saturated carbocycles. The summed E-state index contributed by atoms with van der Waals surface area (Å²) in [5, 5.41) is 2.77. The summed E-state index contributed by atoms with van der Waals surface area (Å²) in [7, 11) is 0. The van der Waals surface area contributed by atoms with Crippen LogP contribution in [-0.4, -0.2) is 5.91 Å². The van der Waals surface area contributed by atoms with Gasteiger partial charge in [0.1, 0.15) is 11.5 Å². The first-order chi connectivity index (χ1) is 11.1. The van der Waals surface area contributed by atoms with E-state index in [0.29, 0.717) is 5.69 Å². The van der Waals surface area contributed by atoms with Gasteiger partial charge in [-0.25, -0.2) is 0 Å². The highest BCUT2D eigenvalue weighted by Crippen LogP contribution is 2.27. The van der Waals surface area contributed by atoms with Gasteiger partial charge in [-0.3, -0.25) is 4.79 Å². The van der Waals surface area contributed by atoms with Gasteiger partial charge < -0.3 is 14.5 Å². The van der Waals surface area contributed by atoms with E-state index in [1.807, 2.05) is 38.1 Å². The molecule has 1 N–H and O–H groups in total. The van der Waals surface area contributed by atoms with Crippen molar-refractivity contribution in [3.05, 3.63) is 77.7 Å². The molecule has 0 radical (unpaired) electrons. The summed E-state index contributed by atoms with van der Waals surface area (Å²) in [4.78, 5) is 11.9. The zero-order valence-electron chi connectivity index (χ0n) is 13.0. The fraction of sp³-hybridized carbons (Fsp3) is 0.105. The van der Waals surface area contributed by atoms with E-state index in [0.717, 1.165) is 22.6 Å². The van der Waals surface area contributed by atoms with Crippen LogP contribution in [-0.2, 0) is 0 Å². The van der Waals surface area contributed by atoms with E-state index in [4.69, 9.17) is 9.15 Å². The van der Waals surface area contributed by atoms with Crippen LogP contribution in [0.4, 0.5) is 5.69 Å². The van der Waals surface area contributed by atoms with Crippen molar-refractivity contribution in [2.24, 2.45) is 0 Å². The zero-order valence-corrected chi connectivity index (χ0v) is 13.0. The van der Waals surface area contributed by atoms with Gasteiger partial charge in [-0.05, 0) is 67.4 Å². The summed E-state index contributed by atoms with van der Waals surface area (Å²) >= 11 is 0. The lowest BCUT2D eigenvalue weighted by Gasteiger charge is -2.10. The molecule has 1 heterocycles. The van der Waals surface area contributed by atoms with E-state index < -0.39 is 0 Å². The molecule has 4 nitrogen and oxygen atoms in total. The van der Waals surface area contributed by atoms with E-state index in [1.54, 1.807) is 24.3 Å². The minimum Gasteiger partial charge on any atom is -0.459 e. The highest BCUT2D eigenvalue weighted by molar-refractivity contribution is 6.02. The predicted octanol–water partition coefficient (Wildman–Crippen LogP) is 4.94. The average molecular weight is 307 g/mol. The Labute approximate surface area is 134 Å². The second kappa shape index (κ2) is 6.40. The van der Waals surface area contributed by atoms with Crippen molar-refractivity contribution in [1.82, 2.24) is 0 Å². The summed E-state index contributed by atoms with van der Waals surface area (Å²) < 4.78 is 10.9. The third-order valence-corrected chi connectivity index (χ3v) is 3.43. The van der Waals surface area contributed by atoms with Crippen LogP contribution in [0.1, 0.15) is 21.7 Å². The molecule has 4 heteroatoms. The Morgan fingerprint density at radius 3 is 2.52 bits per heavy atom. The molecule has 1 amide bonds. The maximum atomic E-state index is 11.9. The average Bonchev–Trinajstić information content (AvgIpc) is 3.07. The van der Waals surface area contributed by atoms with Crippen molar-refractivity contribution < 1.29 is 13.9 Å². The first kappa shape index (κ1) is 14.9. The largest absolute Gasteiger partial charge is 0.459 e. The van der Waals surface area contributed by atoms with Gasteiger partial charge in [-0.15, -0.1) is 0 Å². The molecule has 0 aliphatic heterocycles. The van der Waals surface area contributed by atoms with Crippen molar-refractivity contribution in [1.29, 1.82) is 0 Å². The lowest BCUT2D eigenvalue weighted by atomic mass is 10.1. The number of hydrogen-bond acceptors (Lipinski definition) is 3. The van der Waals surface area contributed by atoms with E-state index in [2.05, 4.69) is 11.4 Å². The number of rotatable bonds is 4. The highest BCUT2D eigenvalue weighted by Gasteiger charge is 2.08. The molecule has 116 valence electrons. The molecule has 0 atom stereocenters. The van der Waals surface area contributed by atoms with Gasteiger partial charge in [0, 0.05) is 5.69 Å². The summed E-state index contributed by atoms with van der Waals surface area (Å²) in [6.45, 7) is 4.03. The molecular weight excluding hydrogens is 290 g/mol. The fourth-order valence-electron chi connectivity index (χ4n) is 2.15. The molecule has 0 fully saturated rings. The van der Waals surface area contributed by atoms with Crippen LogP contribution in [0.5, 0.6) is 11.5 Å². The van der Waals surface area contributed by atoms with Crippen LogP contribution in [0.2, 0.25) is 0 Å². The van der Waals surface area contributed by atoms with Crippen LogP contribution in [0.3, 0.4) is 0 Å². The van der Waals surface area contributed by atoms with E-state index in [1.165, 1.54) is 6.26 Å². The molecule has 0 aliphatic rings. The monoisotopic (exact) mass is 307 g/mol. The number of ether oxygens (including phenoxy) is 1. The third kappa shape index (κ3) is 3.61. The summed E-state index contributed by atoms with van der Waals surface area (Å²) in [6.07, 6.45) is 1.47. The number of nitrogens with one attached hydrogen (secondary N) is 1. The first-order valence-corrected chi connectivity index (χ1v) is 7.32. The number of hydrogen-bond donors (Lipinski definition) is 1. The van der Waals surface area contributed by atoms with Crippen LogP contribution in [0.25, 0.3) is 0 Å². The third-order valence-electron chi connectivity index (χ3n) is 3.43. The Bertz CT molecular complexity index is 805. The Kier molecular flexibility index (Phi) is 4.15. The Hall–Kier alpha value is -3.01. The van der Waals surface area contributed by atoms with Crippen molar-refractivity contribution in [3.8, 4) is 11.5 Å². The molecule has 0 spiro atoms. The lowest BCUT2D eigenvalue weighted by molar-refractivity contribution is 0.0996. The highest BCUT2D eigenvalue weighted by atomic mass is 16.5. The van der Waals surface area contributed by atoms with Crippen LogP contribution >= 0.6 is 0 Å². The normalized spacial score (nSPS) is 10.3. The molecule has 3 aromatic rings. The van der Waals surface area contributed by atoms with Crippen molar-refractivity contribution in [3.63, 3.8) is 0 Å².